The van der Waals surface area contributed by atoms with E-state index in [0.29, 0.717) is 6.42 Å². The summed E-state index contributed by atoms with van der Waals surface area (Å²) in [6, 6.07) is 5.89. The molecule has 0 bridgehead atoms. The Morgan fingerprint density at radius 1 is 1.38 bits per heavy atom. The molecule has 5 nitrogen and oxygen atoms in total. The van der Waals surface area contributed by atoms with Gasteiger partial charge in [-0.1, -0.05) is 12.1 Å². The molecule has 0 aliphatic heterocycles. The number of sulfonamides is 1. The Kier molecular flexibility index (Phi) is 4.28. The van der Waals surface area contributed by atoms with Gasteiger partial charge < -0.3 is 4.90 Å². The van der Waals surface area contributed by atoms with Crippen LogP contribution in [0.25, 0.3) is 0 Å². The van der Waals surface area contributed by atoms with Gasteiger partial charge in [0.15, 0.2) is 0 Å². The Labute approximate surface area is 134 Å². The van der Waals surface area contributed by atoms with Gasteiger partial charge in [-0.15, -0.1) is 23.2 Å². The summed E-state index contributed by atoms with van der Waals surface area (Å²) in [5, 5.41) is 5.05. The first kappa shape index (κ1) is 16.5. The zero-order valence-corrected chi connectivity index (χ0v) is 13.9. The van der Waals surface area contributed by atoms with Gasteiger partial charge in [0.05, 0.1) is 16.9 Å². The van der Waals surface area contributed by atoms with Crippen LogP contribution in [0.3, 0.4) is 0 Å². The monoisotopic (exact) mass is 350 g/mol. The summed E-state index contributed by atoms with van der Waals surface area (Å²) >= 11 is 11.8. The van der Waals surface area contributed by atoms with Crippen LogP contribution in [0.15, 0.2) is 29.2 Å². The smallest absolute Gasteiger partial charge is 0.238 e. The van der Waals surface area contributed by atoms with E-state index in [-0.39, 0.29) is 22.8 Å². The standard InChI is InChI=1S/C13H16Cl2N2O3S/c1-8(17(2)12(18)11-7-13(11,14)15)9-3-5-10(6-4-9)21(16,19)20/h3-6,8,11H,7H2,1-2H3,(H2,16,19,20). The van der Waals surface area contributed by atoms with Crippen LogP contribution < -0.4 is 5.14 Å². The highest BCUT2D eigenvalue weighted by atomic mass is 35.5. The number of carbonyl (C=O) groups excluding carboxylic acids is 1. The molecule has 1 aliphatic rings. The predicted molar refractivity (Wildman–Crippen MR) is 81.5 cm³/mol. The molecule has 1 aromatic carbocycles. The summed E-state index contributed by atoms with van der Waals surface area (Å²) in [6.45, 7) is 1.84. The fourth-order valence-corrected chi connectivity index (χ4v) is 3.09. The lowest BCUT2D eigenvalue weighted by molar-refractivity contribution is -0.133. The van der Waals surface area contributed by atoms with Gasteiger partial charge in [-0.2, -0.15) is 0 Å². The molecular formula is C13H16Cl2N2O3S. The first-order valence-corrected chi connectivity index (χ1v) is 8.61. The molecule has 1 aromatic rings. The summed E-state index contributed by atoms with van der Waals surface area (Å²) in [4.78, 5) is 13.8. The maximum atomic E-state index is 12.2. The van der Waals surface area contributed by atoms with E-state index in [1.807, 2.05) is 6.92 Å². The Bertz CT molecular complexity index is 658. The second-order valence-electron chi connectivity index (χ2n) is 5.26. The molecule has 2 unspecified atom stereocenters. The fraction of sp³-hybridized carbons (Fsp3) is 0.462. The molecule has 1 saturated carbocycles. The lowest BCUT2D eigenvalue weighted by Gasteiger charge is -2.26. The van der Waals surface area contributed by atoms with Crippen LogP contribution in [0.1, 0.15) is 24.9 Å². The van der Waals surface area contributed by atoms with Crippen molar-refractivity contribution in [2.45, 2.75) is 28.6 Å². The van der Waals surface area contributed by atoms with Crippen molar-refractivity contribution in [3.05, 3.63) is 29.8 Å². The van der Waals surface area contributed by atoms with E-state index in [4.69, 9.17) is 28.3 Å². The normalized spacial score (nSPS) is 21.7. The van der Waals surface area contributed by atoms with Gasteiger partial charge in [0.1, 0.15) is 4.33 Å². The molecule has 0 saturated heterocycles. The van der Waals surface area contributed by atoms with Crippen molar-refractivity contribution in [3.63, 3.8) is 0 Å². The van der Waals surface area contributed by atoms with Crippen LogP contribution in [0.5, 0.6) is 0 Å². The highest BCUT2D eigenvalue weighted by Gasteiger charge is 2.57. The number of rotatable bonds is 4. The van der Waals surface area contributed by atoms with E-state index in [2.05, 4.69) is 0 Å². The quantitative estimate of drug-likeness (QED) is 0.843. The molecular weight excluding hydrogens is 335 g/mol. The predicted octanol–water partition coefficient (Wildman–Crippen LogP) is 2.05. The van der Waals surface area contributed by atoms with E-state index in [9.17, 15) is 13.2 Å². The number of primary sulfonamides is 1. The van der Waals surface area contributed by atoms with Crippen molar-refractivity contribution in [1.82, 2.24) is 4.90 Å². The van der Waals surface area contributed by atoms with Crippen molar-refractivity contribution in [3.8, 4) is 0 Å². The van der Waals surface area contributed by atoms with Gasteiger partial charge in [-0.25, -0.2) is 13.6 Å². The largest absolute Gasteiger partial charge is 0.339 e. The Morgan fingerprint density at radius 3 is 2.24 bits per heavy atom. The summed E-state index contributed by atoms with van der Waals surface area (Å²) in [5.74, 6) is -0.500. The van der Waals surface area contributed by atoms with Crippen LogP contribution in [-0.2, 0) is 14.8 Å². The van der Waals surface area contributed by atoms with Gasteiger partial charge in [0.25, 0.3) is 0 Å². The van der Waals surface area contributed by atoms with Crippen LogP contribution in [0, 0.1) is 5.92 Å². The zero-order valence-electron chi connectivity index (χ0n) is 11.6. The SMILES string of the molecule is CC(c1ccc(S(N)(=O)=O)cc1)N(C)C(=O)C1CC1(Cl)Cl. The zero-order chi connectivity index (χ0) is 16.0. The average Bonchev–Trinajstić information content (AvgIpc) is 3.04. The first-order chi connectivity index (χ1) is 9.54. The molecule has 1 aliphatic carbocycles. The number of alkyl halides is 2. The van der Waals surface area contributed by atoms with Crippen LogP contribution in [0.2, 0.25) is 0 Å². The van der Waals surface area contributed by atoms with Crippen molar-refractivity contribution in [2.24, 2.45) is 11.1 Å². The van der Waals surface area contributed by atoms with Crippen LogP contribution in [-0.4, -0.2) is 30.6 Å². The van der Waals surface area contributed by atoms with E-state index in [0.717, 1.165) is 5.56 Å². The van der Waals surface area contributed by atoms with Gasteiger partial charge in [-0.3, -0.25) is 4.79 Å². The summed E-state index contributed by atoms with van der Waals surface area (Å²) in [7, 11) is -2.05. The summed E-state index contributed by atoms with van der Waals surface area (Å²) < 4.78 is 21.5. The molecule has 0 heterocycles. The van der Waals surface area contributed by atoms with Crippen LogP contribution in [0.4, 0.5) is 0 Å². The van der Waals surface area contributed by atoms with Gasteiger partial charge in [-0.05, 0) is 31.0 Å². The molecule has 2 atom stereocenters. The lowest BCUT2D eigenvalue weighted by Crippen LogP contribution is -2.32. The molecule has 2 rings (SSSR count). The van der Waals surface area contributed by atoms with E-state index in [1.165, 1.54) is 12.1 Å². The van der Waals surface area contributed by atoms with E-state index < -0.39 is 14.4 Å². The summed E-state index contributed by atoms with van der Waals surface area (Å²) in [5.41, 5.74) is 0.800. The maximum Gasteiger partial charge on any atom is 0.238 e. The number of hydrogen-bond donors (Lipinski definition) is 1. The molecule has 2 N–H and O–H groups in total. The molecule has 0 aromatic heterocycles. The third kappa shape index (κ3) is 3.51. The second-order valence-corrected chi connectivity index (χ2v) is 8.36. The minimum absolute atomic E-state index is 0.0372. The number of benzene rings is 1. The fourth-order valence-electron chi connectivity index (χ4n) is 2.08. The average molecular weight is 351 g/mol. The van der Waals surface area contributed by atoms with Crippen molar-refractivity contribution < 1.29 is 13.2 Å². The second kappa shape index (κ2) is 5.43. The van der Waals surface area contributed by atoms with Gasteiger partial charge in [0.2, 0.25) is 15.9 Å². The molecule has 0 radical (unpaired) electrons. The Morgan fingerprint density at radius 2 is 1.86 bits per heavy atom. The molecule has 0 spiro atoms. The Hall–Kier alpha value is -0.820. The minimum Gasteiger partial charge on any atom is -0.339 e. The Balaban J connectivity index is 2.13. The van der Waals surface area contributed by atoms with Crippen molar-refractivity contribution >= 4 is 39.1 Å². The van der Waals surface area contributed by atoms with E-state index >= 15 is 0 Å². The van der Waals surface area contributed by atoms with Crippen molar-refractivity contribution in [2.75, 3.05) is 7.05 Å². The third-order valence-corrected chi connectivity index (χ3v) is 5.51. The number of carbonyl (C=O) groups is 1. The molecule has 1 fully saturated rings. The van der Waals surface area contributed by atoms with Gasteiger partial charge >= 0.3 is 0 Å². The third-order valence-electron chi connectivity index (χ3n) is 3.74. The summed E-state index contributed by atoms with van der Waals surface area (Å²) in [6.07, 6.45) is 0.455. The number of hydrogen-bond acceptors (Lipinski definition) is 3. The highest BCUT2D eigenvalue weighted by molar-refractivity contribution is 7.89. The number of nitrogens with two attached hydrogens (primary N) is 1. The first-order valence-electron chi connectivity index (χ1n) is 6.31. The topological polar surface area (TPSA) is 80.5 Å². The van der Waals surface area contributed by atoms with E-state index in [1.54, 1.807) is 24.1 Å². The van der Waals surface area contributed by atoms with Crippen LogP contribution >= 0.6 is 23.2 Å². The maximum absolute atomic E-state index is 12.2. The molecule has 8 heteroatoms. The number of halogens is 2. The van der Waals surface area contributed by atoms with Gasteiger partial charge in [0, 0.05) is 7.05 Å². The molecule has 116 valence electrons. The molecule has 1 amide bonds. The number of nitrogens with zero attached hydrogens (tertiary/aromatic N) is 1. The molecule has 21 heavy (non-hydrogen) atoms. The highest BCUT2D eigenvalue weighted by Crippen LogP contribution is 2.54. The van der Waals surface area contributed by atoms with Crippen molar-refractivity contribution in [1.29, 1.82) is 0 Å². The lowest BCUT2D eigenvalue weighted by atomic mass is 10.1. The number of amides is 1. The minimum atomic E-state index is -3.72.